The average molecular weight is 499 g/mol. The van der Waals surface area contributed by atoms with Crippen LogP contribution in [0.1, 0.15) is 56.3 Å². The smallest absolute Gasteiger partial charge is 0.405 e. The van der Waals surface area contributed by atoms with Gasteiger partial charge in [0.25, 0.3) is 5.91 Å². The van der Waals surface area contributed by atoms with E-state index < -0.39 is 6.09 Å². The minimum absolute atomic E-state index is 0.00583. The predicted molar refractivity (Wildman–Crippen MR) is 141 cm³/mol. The van der Waals surface area contributed by atoms with E-state index in [4.69, 9.17) is 20.3 Å². The van der Waals surface area contributed by atoms with Crippen molar-refractivity contribution in [1.82, 2.24) is 10.6 Å². The van der Waals surface area contributed by atoms with Gasteiger partial charge in [0.05, 0.1) is 26.7 Å². The maximum atomic E-state index is 12.0. The van der Waals surface area contributed by atoms with Crippen molar-refractivity contribution in [2.45, 2.75) is 58.5 Å². The van der Waals surface area contributed by atoms with Gasteiger partial charge in [-0.15, -0.1) is 0 Å². The van der Waals surface area contributed by atoms with Gasteiger partial charge in [-0.3, -0.25) is 4.79 Å². The monoisotopic (exact) mass is 498 g/mol. The first-order valence-electron chi connectivity index (χ1n) is 12.0. The Morgan fingerprint density at radius 3 is 2.44 bits per heavy atom. The van der Waals surface area contributed by atoms with Crippen LogP contribution in [0.2, 0.25) is 0 Å². The molecule has 9 heteroatoms. The first-order valence-corrected chi connectivity index (χ1v) is 12.0. The van der Waals surface area contributed by atoms with Crippen LogP contribution < -0.4 is 25.8 Å². The number of carboxylic acid groups (broad SMARTS) is 1. The first-order chi connectivity index (χ1) is 17.1. The van der Waals surface area contributed by atoms with Gasteiger partial charge in [0.1, 0.15) is 0 Å². The minimum atomic E-state index is -0.943. The van der Waals surface area contributed by atoms with E-state index in [1.54, 1.807) is 32.4 Å². The Balaban J connectivity index is 0.000000293. The summed E-state index contributed by atoms with van der Waals surface area (Å²) in [5.74, 6) is 1.60. The van der Waals surface area contributed by atoms with Crippen LogP contribution in [0.25, 0.3) is 0 Å². The Morgan fingerprint density at radius 2 is 1.81 bits per heavy atom. The number of ether oxygens (including phenoxy) is 2. The molecule has 1 aliphatic rings. The fourth-order valence-corrected chi connectivity index (χ4v) is 4.25. The number of nitrogens with zero attached hydrogens (tertiary/aromatic N) is 1. The summed E-state index contributed by atoms with van der Waals surface area (Å²) in [7, 11) is 3.12. The normalized spacial score (nSPS) is 15.3. The van der Waals surface area contributed by atoms with Gasteiger partial charge < -0.3 is 30.9 Å². The number of nitrogens with two attached hydrogens (primary N) is 1. The van der Waals surface area contributed by atoms with Crippen molar-refractivity contribution in [3.05, 3.63) is 59.2 Å². The van der Waals surface area contributed by atoms with Gasteiger partial charge in [-0.05, 0) is 60.9 Å². The van der Waals surface area contributed by atoms with E-state index in [-0.39, 0.29) is 30.4 Å². The quantitative estimate of drug-likeness (QED) is 0.318. The van der Waals surface area contributed by atoms with Gasteiger partial charge in [-0.2, -0.15) is 4.99 Å². The van der Waals surface area contributed by atoms with Crippen molar-refractivity contribution in [3.63, 3.8) is 0 Å². The molecule has 36 heavy (non-hydrogen) atoms. The number of rotatable bonds is 8. The Labute approximate surface area is 213 Å². The van der Waals surface area contributed by atoms with Gasteiger partial charge in [0.2, 0.25) is 0 Å². The second-order valence-corrected chi connectivity index (χ2v) is 9.17. The number of aliphatic imine (C=N–C) groups is 1. The van der Waals surface area contributed by atoms with E-state index in [2.05, 4.69) is 35.5 Å². The zero-order chi connectivity index (χ0) is 26.7. The van der Waals surface area contributed by atoms with E-state index >= 15 is 0 Å². The first kappa shape index (κ1) is 28.5. The van der Waals surface area contributed by atoms with Gasteiger partial charge in [-0.1, -0.05) is 44.2 Å². The highest BCUT2D eigenvalue weighted by Gasteiger charge is 2.22. The zero-order valence-electron chi connectivity index (χ0n) is 21.7. The minimum Gasteiger partial charge on any atom is -0.493 e. The van der Waals surface area contributed by atoms with Crippen molar-refractivity contribution in [1.29, 1.82) is 0 Å². The molecule has 0 fully saturated rings. The van der Waals surface area contributed by atoms with Crippen molar-refractivity contribution >= 4 is 18.0 Å². The number of carbonyl (C=O) groups is 2. The lowest BCUT2D eigenvalue weighted by molar-refractivity contribution is -0.117. The second-order valence-electron chi connectivity index (χ2n) is 9.17. The van der Waals surface area contributed by atoms with Crippen LogP contribution in [-0.4, -0.2) is 43.3 Å². The van der Waals surface area contributed by atoms with Crippen LogP contribution in [0.3, 0.4) is 0 Å². The standard InChI is InChI=1S/C17H27N3O3.C10H11NO2/c1-11(2)8-12(3)19-17(18)20-16(21)10-13-6-7-14(22-4)15(9-13)23-5;12-10(13)11-9-6-5-7-3-1-2-4-8(7)9/h6-7,9,11-12H,8,10H2,1-5H3,(H3,18,19,20,21);1-4,9,11H,5-6H2,(H,12,13)/t12-;9-/m01/s1. The predicted octanol–water partition coefficient (Wildman–Crippen LogP) is 4.05. The molecule has 0 unspecified atom stereocenters. The van der Waals surface area contributed by atoms with Crippen LogP contribution in [0, 0.1) is 5.92 Å². The molecule has 2 aromatic rings. The van der Waals surface area contributed by atoms with Crippen LogP contribution >= 0.6 is 0 Å². The molecule has 0 saturated heterocycles. The van der Waals surface area contributed by atoms with Crippen LogP contribution in [-0.2, 0) is 17.6 Å². The van der Waals surface area contributed by atoms with Gasteiger partial charge in [0.15, 0.2) is 17.5 Å². The Morgan fingerprint density at radius 1 is 1.11 bits per heavy atom. The summed E-state index contributed by atoms with van der Waals surface area (Å²) in [6.45, 7) is 6.28. The average Bonchev–Trinajstić information content (AvgIpc) is 3.20. The summed E-state index contributed by atoms with van der Waals surface area (Å²) in [6.07, 6.45) is 2.02. The molecule has 3 rings (SSSR count). The number of hydrogen-bond acceptors (Lipinski definition) is 4. The molecule has 2 atom stereocenters. The summed E-state index contributed by atoms with van der Waals surface area (Å²) in [5, 5.41) is 14.1. The molecule has 0 saturated carbocycles. The van der Waals surface area contributed by atoms with Crippen LogP contribution in [0.4, 0.5) is 4.79 Å². The summed E-state index contributed by atoms with van der Waals surface area (Å²) in [4.78, 5) is 26.3. The maximum Gasteiger partial charge on any atom is 0.405 e. The third-order valence-corrected chi connectivity index (χ3v) is 5.70. The van der Waals surface area contributed by atoms with Gasteiger partial charge >= 0.3 is 6.09 Å². The summed E-state index contributed by atoms with van der Waals surface area (Å²) in [5.41, 5.74) is 8.97. The fourth-order valence-electron chi connectivity index (χ4n) is 4.25. The third-order valence-electron chi connectivity index (χ3n) is 5.70. The number of amides is 2. The fraction of sp³-hybridized carbons (Fsp3) is 0.444. The summed E-state index contributed by atoms with van der Waals surface area (Å²) >= 11 is 0. The molecule has 0 spiro atoms. The van der Waals surface area contributed by atoms with Crippen molar-refractivity contribution in [2.24, 2.45) is 16.6 Å². The largest absolute Gasteiger partial charge is 0.493 e. The molecule has 0 heterocycles. The van der Waals surface area contributed by atoms with Crippen LogP contribution in [0.15, 0.2) is 47.5 Å². The lowest BCUT2D eigenvalue weighted by atomic mass is 10.1. The number of benzene rings is 2. The Hall–Kier alpha value is -3.75. The molecular formula is C27H38N4O5. The van der Waals surface area contributed by atoms with E-state index in [1.165, 1.54) is 5.56 Å². The highest BCUT2D eigenvalue weighted by molar-refractivity contribution is 5.93. The number of methoxy groups -OCH3 is 2. The number of fused-ring (bicyclic) bond motifs is 1. The number of aryl methyl sites for hydroxylation is 1. The second kappa shape index (κ2) is 14.0. The number of carbonyl (C=O) groups excluding carboxylic acids is 1. The molecule has 0 bridgehead atoms. The van der Waals surface area contributed by atoms with Gasteiger partial charge in [0, 0.05) is 6.04 Å². The molecule has 2 aromatic carbocycles. The Kier molecular flexibility index (Phi) is 11.1. The molecular weight excluding hydrogens is 460 g/mol. The van der Waals surface area contributed by atoms with Crippen molar-refractivity contribution in [2.75, 3.05) is 14.2 Å². The van der Waals surface area contributed by atoms with Crippen LogP contribution in [0.5, 0.6) is 11.5 Å². The maximum absolute atomic E-state index is 12.0. The van der Waals surface area contributed by atoms with Gasteiger partial charge in [-0.25, -0.2) is 4.79 Å². The zero-order valence-corrected chi connectivity index (χ0v) is 21.7. The molecule has 5 N–H and O–H groups in total. The Bertz CT molecular complexity index is 1050. The molecule has 196 valence electrons. The summed E-state index contributed by atoms with van der Waals surface area (Å²) in [6, 6.07) is 13.5. The SMILES string of the molecule is COc1ccc(CC(=O)N=C(N)N[C@@H](C)CC(C)C)cc1OC.O=C(O)N[C@@H]1CCc2ccccc21. The van der Waals surface area contributed by atoms with E-state index in [9.17, 15) is 9.59 Å². The molecule has 2 amide bonds. The highest BCUT2D eigenvalue weighted by Crippen LogP contribution is 2.30. The topological polar surface area (TPSA) is 135 Å². The molecule has 9 nitrogen and oxygen atoms in total. The van der Waals surface area contributed by atoms with E-state index in [0.717, 1.165) is 30.4 Å². The molecule has 0 aromatic heterocycles. The number of guanidine groups is 1. The van der Waals surface area contributed by atoms with Crippen molar-refractivity contribution in [3.8, 4) is 11.5 Å². The van der Waals surface area contributed by atoms with E-state index in [0.29, 0.717) is 17.4 Å². The van der Waals surface area contributed by atoms with Crippen molar-refractivity contribution < 1.29 is 24.2 Å². The molecule has 0 radical (unpaired) electrons. The van der Waals surface area contributed by atoms with E-state index in [1.807, 2.05) is 25.1 Å². The molecule has 0 aliphatic heterocycles. The lowest BCUT2D eigenvalue weighted by Crippen LogP contribution is -2.39. The molecule has 1 aliphatic carbocycles. The highest BCUT2D eigenvalue weighted by atomic mass is 16.5. The third kappa shape index (κ3) is 9.13. The number of nitrogens with one attached hydrogen (secondary N) is 2. The summed E-state index contributed by atoms with van der Waals surface area (Å²) < 4.78 is 10.4. The lowest BCUT2D eigenvalue weighted by Gasteiger charge is -2.16. The number of hydrogen-bond donors (Lipinski definition) is 4.